The minimum atomic E-state index is 0.242. The van der Waals surface area contributed by atoms with E-state index in [0.717, 1.165) is 29.5 Å². The number of hydrogen-bond donors (Lipinski definition) is 1. The zero-order valence-corrected chi connectivity index (χ0v) is 12.9. The van der Waals surface area contributed by atoms with E-state index in [1.54, 1.807) is 11.0 Å². The fourth-order valence-corrected chi connectivity index (χ4v) is 1.90. The van der Waals surface area contributed by atoms with Crippen LogP contribution in [0.3, 0.4) is 0 Å². The number of rotatable bonds is 5. The minimum Gasteiger partial charge on any atom is -0.369 e. The van der Waals surface area contributed by atoms with Crippen LogP contribution >= 0.6 is 11.6 Å². The van der Waals surface area contributed by atoms with Crippen molar-refractivity contribution >= 4 is 17.4 Å². The third-order valence-electron chi connectivity index (χ3n) is 2.91. The molecule has 0 spiro atoms. The Balaban J connectivity index is 2.05. The summed E-state index contributed by atoms with van der Waals surface area (Å²) in [5.41, 5.74) is 0.866. The Kier molecular flexibility index (Phi) is 4.54. The van der Waals surface area contributed by atoms with Crippen LogP contribution in [0, 0.1) is 6.92 Å². The maximum Gasteiger partial charge on any atom is 0.152 e. The molecule has 6 nitrogen and oxygen atoms in total. The van der Waals surface area contributed by atoms with Crippen LogP contribution in [0.1, 0.15) is 37.0 Å². The molecule has 2 aromatic rings. The van der Waals surface area contributed by atoms with Crippen LogP contribution in [0.15, 0.2) is 6.33 Å². The molecule has 0 aliphatic rings. The van der Waals surface area contributed by atoms with Crippen molar-refractivity contribution in [2.45, 2.75) is 33.1 Å². The van der Waals surface area contributed by atoms with Crippen LogP contribution in [0.4, 0.5) is 5.82 Å². The smallest absolute Gasteiger partial charge is 0.152 e. The van der Waals surface area contributed by atoms with E-state index in [-0.39, 0.29) is 5.92 Å². The number of aromatic nitrogens is 5. The predicted octanol–water partition coefficient (Wildman–Crippen LogP) is 2.34. The fourth-order valence-electron chi connectivity index (χ4n) is 1.73. The van der Waals surface area contributed by atoms with Crippen molar-refractivity contribution < 1.29 is 0 Å². The summed E-state index contributed by atoms with van der Waals surface area (Å²) in [5, 5.41) is 8.02. The van der Waals surface area contributed by atoms with Gasteiger partial charge in [0.15, 0.2) is 5.82 Å². The molecule has 0 aliphatic carbocycles. The van der Waals surface area contributed by atoms with Crippen molar-refractivity contribution in [3.05, 3.63) is 28.7 Å². The second-order valence-corrected chi connectivity index (χ2v) is 5.37. The molecule has 2 rings (SSSR count). The van der Waals surface area contributed by atoms with E-state index in [0.29, 0.717) is 11.7 Å². The molecule has 0 saturated carbocycles. The molecule has 108 valence electrons. The molecule has 0 saturated heterocycles. The summed E-state index contributed by atoms with van der Waals surface area (Å²) >= 11 is 6.14. The summed E-state index contributed by atoms with van der Waals surface area (Å²) in [4.78, 5) is 13.0. The molecule has 0 fully saturated rings. The third kappa shape index (κ3) is 3.45. The van der Waals surface area contributed by atoms with Gasteiger partial charge in [-0.15, -0.1) is 0 Å². The van der Waals surface area contributed by atoms with Gasteiger partial charge in [0.1, 0.15) is 23.1 Å². The second-order valence-electron chi connectivity index (χ2n) is 5.01. The van der Waals surface area contributed by atoms with Crippen molar-refractivity contribution in [1.82, 2.24) is 24.7 Å². The zero-order valence-electron chi connectivity index (χ0n) is 12.2. The summed E-state index contributed by atoms with van der Waals surface area (Å²) in [6.45, 7) is 6.70. The minimum absolute atomic E-state index is 0.242. The quantitative estimate of drug-likeness (QED) is 0.857. The molecular formula is C13H19ClN6. The van der Waals surface area contributed by atoms with E-state index >= 15 is 0 Å². The van der Waals surface area contributed by atoms with Crippen molar-refractivity contribution in [3.8, 4) is 0 Å². The van der Waals surface area contributed by atoms with Crippen molar-refractivity contribution in [1.29, 1.82) is 0 Å². The summed E-state index contributed by atoms with van der Waals surface area (Å²) in [6.07, 6.45) is 2.43. The maximum absolute atomic E-state index is 6.14. The van der Waals surface area contributed by atoms with Gasteiger partial charge in [-0.05, 0) is 6.92 Å². The Labute approximate surface area is 123 Å². The number of halogens is 1. The normalized spacial score (nSPS) is 11.1. The van der Waals surface area contributed by atoms with E-state index in [4.69, 9.17) is 11.6 Å². The monoisotopic (exact) mass is 294 g/mol. The summed E-state index contributed by atoms with van der Waals surface area (Å²) in [5.74, 6) is 2.58. The van der Waals surface area contributed by atoms with Crippen molar-refractivity contribution in [3.63, 3.8) is 0 Å². The molecule has 2 aromatic heterocycles. The molecular weight excluding hydrogens is 276 g/mol. The highest BCUT2D eigenvalue weighted by Gasteiger charge is 2.11. The SMILES string of the molecule is Cc1c(Cl)nc(C(C)C)nc1NCCc1ncn(C)n1. The van der Waals surface area contributed by atoms with Crippen LogP contribution in [-0.4, -0.2) is 31.3 Å². The molecule has 0 aliphatic heterocycles. The molecule has 0 radical (unpaired) electrons. The van der Waals surface area contributed by atoms with E-state index in [9.17, 15) is 0 Å². The fraction of sp³-hybridized carbons (Fsp3) is 0.538. The Morgan fingerprint density at radius 2 is 2.10 bits per heavy atom. The number of anilines is 1. The van der Waals surface area contributed by atoms with Gasteiger partial charge in [0.2, 0.25) is 0 Å². The van der Waals surface area contributed by atoms with E-state index < -0.39 is 0 Å². The van der Waals surface area contributed by atoms with E-state index in [2.05, 4.69) is 25.4 Å². The predicted molar refractivity (Wildman–Crippen MR) is 79.1 cm³/mol. The average Bonchev–Trinajstić information content (AvgIpc) is 2.80. The first-order valence-electron chi connectivity index (χ1n) is 6.59. The molecule has 0 unspecified atom stereocenters. The molecule has 0 bridgehead atoms. The first-order valence-corrected chi connectivity index (χ1v) is 6.97. The van der Waals surface area contributed by atoms with Gasteiger partial charge in [-0.3, -0.25) is 4.68 Å². The highest BCUT2D eigenvalue weighted by molar-refractivity contribution is 6.30. The Morgan fingerprint density at radius 3 is 2.70 bits per heavy atom. The number of hydrogen-bond acceptors (Lipinski definition) is 5. The summed E-state index contributed by atoms with van der Waals surface area (Å²) in [6, 6.07) is 0. The standard InChI is InChI=1S/C13H19ClN6/c1-8(2)12-17-11(14)9(3)13(18-12)15-6-5-10-16-7-20(4)19-10/h7-8H,5-6H2,1-4H3,(H,15,17,18). The van der Waals surface area contributed by atoms with Gasteiger partial charge < -0.3 is 5.32 Å². The number of nitrogens with zero attached hydrogens (tertiary/aromatic N) is 5. The van der Waals surface area contributed by atoms with Crippen molar-refractivity contribution in [2.75, 3.05) is 11.9 Å². The van der Waals surface area contributed by atoms with Crippen LogP contribution in [0.25, 0.3) is 0 Å². The lowest BCUT2D eigenvalue weighted by Gasteiger charge is -2.12. The topological polar surface area (TPSA) is 68.5 Å². The average molecular weight is 295 g/mol. The molecule has 0 amide bonds. The molecule has 0 atom stereocenters. The van der Waals surface area contributed by atoms with Gasteiger partial charge in [-0.1, -0.05) is 25.4 Å². The maximum atomic E-state index is 6.14. The second kappa shape index (κ2) is 6.17. The summed E-state index contributed by atoms with van der Waals surface area (Å²) in [7, 11) is 1.85. The van der Waals surface area contributed by atoms with Gasteiger partial charge in [-0.25, -0.2) is 15.0 Å². The van der Waals surface area contributed by atoms with Gasteiger partial charge in [-0.2, -0.15) is 5.10 Å². The Morgan fingerprint density at radius 1 is 1.35 bits per heavy atom. The van der Waals surface area contributed by atoms with E-state index in [1.807, 2.05) is 27.8 Å². The highest BCUT2D eigenvalue weighted by Crippen LogP contribution is 2.22. The van der Waals surface area contributed by atoms with Gasteiger partial charge in [0.05, 0.1) is 0 Å². The molecule has 1 N–H and O–H groups in total. The van der Waals surface area contributed by atoms with Crippen LogP contribution in [0.2, 0.25) is 5.15 Å². The first-order chi connectivity index (χ1) is 9.47. The molecule has 20 heavy (non-hydrogen) atoms. The summed E-state index contributed by atoms with van der Waals surface area (Å²) < 4.78 is 1.69. The number of aryl methyl sites for hydroxylation is 1. The molecule has 0 aromatic carbocycles. The number of nitrogens with one attached hydrogen (secondary N) is 1. The zero-order chi connectivity index (χ0) is 14.7. The van der Waals surface area contributed by atoms with Gasteiger partial charge in [0, 0.05) is 31.5 Å². The Bertz CT molecular complexity index is 593. The van der Waals surface area contributed by atoms with Crippen LogP contribution < -0.4 is 5.32 Å². The van der Waals surface area contributed by atoms with Crippen LogP contribution in [0.5, 0.6) is 0 Å². The highest BCUT2D eigenvalue weighted by atomic mass is 35.5. The van der Waals surface area contributed by atoms with Crippen LogP contribution in [-0.2, 0) is 13.5 Å². The molecule has 7 heteroatoms. The lowest BCUT2D eigenvalue weighted by atomic mass is 10.2. The third-order valence-corrected chi connectivity index (χ3v) is 3.28. The van der Waals surface area contributed by atoms with Gasteiger partial charge >= 0.3 is 0 Å². The molecule has 2 heterocycles. The van der Waals surface area contributed by atoms with Crippen molar-refractivity contribution in [2.24, 2.45) is 7.05 Å². The van der Waals surface area contributed by atoms with E-state index in [1.165, 1.54) is 0 Å². The van der Waals surface area contributed by atoms with Gasteiger partial charge in [0.25, 0.3) is 0 Å². The Hall–Kier alpha value is -1.69. The first kappa shape index (κ1) is 14.7. The largest absolute Gasteiger partial charge is 0.369 e. The lowest BCUT2D eigenvalue weighted by molar-refractivity contribution is 0.740. The lowest BCUT2D eigenvalue weighted by Crippen LogP contribution is -2.11.